The minimum Gasteiger partial charge on any atom is -0.388 e. The van der Waals surface area contributed by atoms with Gasteiger partial charge in [0.05, 0.1) is 6.10 Å². The van der Waals surface area contributed by atoms with Gasteiger partial charge in [0, 0.05) is 11.6 Å². The molecule has 0 saturated carbocycles. The lowest BCUT2D eigenvalue weighted by Crippen LogP contribution is -2.34. The number of fused-ring (bicyclic) bond motifs is 1. The average Bonchev–Trinajstić information content (AvgIpc) is 2.68. The van der Waals surface area contributed by atoms with Crippen molar-refractivity contribution < 1.29 is 14.9 Å². The molecule has 1 aromatic carbocycles. The fraction of sp³-hybridized carbons (Fsp3) is 0.400. The largest absolute Gasteiger partial charge is 0.388 e. The van der Waals surface area contributed by atoms with E-state index in [9.17, 15) is 15.0 Å². The molecule has 2 aromatic rings. The standard InChI is InChI=1S/C15H17NO4/c1-8-4-3-5-11-10(8)6-7-16(14(11)19)15-13(18)12(17)9(2)20-15/h3-7,9,12-13,15,17-18H,1-2H3. The van der Waals surface area contributed by atoms with E-state index in [1.807, 2.05) is 25.1 Å². The summed E-state index contributed by atoms with van der Waals surface area (Å²) in [7, 11) is 0. The zero-order chi connectivity index (χ0) is 14.4. The van der Waals surface area contributed by atoms with Crippen molar-refractivity contribution in [2.24, 2.45) is 0 Å². The van der Waals surface area contributed by atoms with Crippen molar-refractivity contribution in [3.63, 3.8) is 0 Å². The lowest BCUT2D eigenvalue weighted by atomic mass is 10.1. The molecule has 1 aliphatic heterocycles. The van der Waals surface area contributed by atoms with Crippen molar-refractivity contribution in [3.05, 3.63) is 46.4 Å². The van der Waals surface area contributed by atoms with Crippen molar-refractivity contribution in [2.75, 3.05) is 0 Å². The Kier molecular flexibility index (Phi) is 3.12. The first-order chi connectivity index (χ1) is 9.50. The maximum absolute atomic E-state index is 12.5. The van der Waals surface area contributed by atoms with Gasteiger partial charge in [-0.2, -0.15) is 0 Å². The molecule has 0 radical (unpaired) electrons. The average molecular weight is 275 g/mol. The zero-order valence-electron chi connectivity index (χ0n) is 11.4. The van der Waals surface area contributed by atoms with E-state index in [2.05, 4.69) is 0 Å². The van der Waals surface area contributed by atoms with E-state index in [1.54, 1.807) is 19.2 Å². The minimum absolute atomic E-state index is 0.225. The molecule has 4 atom stereocenters. The van der Waals surface area contributed by atoms with E-state index in [1.165, 1.54) is 4.57 Å². The van der Waals surface area contributed by atoms with Crippen molar-refractivity contribution >= 4 is 10.8 Å². The zero-order valence-corrected chi connectivity index (χ0v) is 11.4. The maximum Gasteiger partial charge on any atom is 0.260 e. The predicted molar refractivity (Wildman–Crippen MR) is 74.5 cm³/mol. The summed E-state index contributed by atoms with van der Waals surface area (Å²) in [6.45, 7) is 3.61. The van der Waals surface area contributed by atoms with Crippen LogP contribution >= 0.6 is 0 Å². The molecule has 0 aliphatic carbocycles. The van der Waals surface area contributed by atoms with Gasteiger partial charge in [-0.3, -0.25) is 9.36 Å². The van der Waals surface area contributed by atoms with Gasteiger partial charge in [-0.25, -0.2) is 0 Å². The topological polar surface area (TPSA) is 71.7 Å². The van der Waals surface area contributed by atoms with Crippen molar-refractivity contribution in [1.29, 1.82) is 0 Å². The SMILES string of the molecule is Cc1cccc2c(=O)n(C3OC(C)C(O)C3O)ccc12. The molecule has 3 rings (SSSR count). The molecule has 1 fully saturated rings. The Morgan fingerprint density at radius 1 is 1.15 bits per heavy atom. The lowest BCUT2D eigenvalue weighted by Gasteiger charge is -2.18. The predicted octanol–water partition coefficient (Wildman–Crippen LogP) is 0.949. The molecule has 5 heteroatoms. The Morgan fingerprint density at radius 2 is 1.90 bits per heavy atom. The minimum atomic E-state index is -1.11. The summed E-state index contributed by atoms with van der Waals surface area (Å²) in [5.74, 6) is 0. The maximum atomic E-state index is 12.5. The number of hydrogen-bond acceptors (Lipinski definition) is 4. The highest BCUT2D eigenvalue weighted by Gasteiger charge is 2.41. The summed E-state index contributed by atoms with van der Waals surface area (Å²) in [5.41, 5.74) is 0.796. The highest BCUT2D eigenvalue weighted by atomic mass is 16.6. The van der Waals surface area contributed by atoms with Gasteiger partial charge in [-0.05, 0) is 36.9 Å². The molecule has 0 bridgehead atoms. The van der Waals surface area contributed by atoms with Crippen LogP contribution < -0.4 is 5.56 Å². The first kappa shape index (κ1) is 13.3. The molecule has 20 heavy (non-hydrogen) atoms. The number of aliphatic hydroxyl groups excluding tert-OH is 2. The normalized spacial score (nSPS) is 30.0. The van der Waals surface area contributed by atoms with Gasteiger partial charge in [0.2, 0.25) is 0 Å². The first-order valence-corrected chi connectivity index (χ1v) is 6.63. The van der Waals surface area contributed by atoms with Gasteiger partial charge in [0.1, 0.15) is 12.2 Å². The van der Waals surface area contributed by atoms with Gasteiger partial charge in [-0.1, -0.05) is 12.1 Å². The fourth-order valence-corrected chi connectivity index (χ4v) is 2.71. The highest BCUT2D eigenvalue weighted by molar-refractivity contribution is 5.84. The number of aryl methyl sites for hydroxylation is 1. The van der Waals surface area contributed by atoms with E-state index < -0.39 is 24.5 Å². The molecule has 2 N–H and O–H groups in total. The smallest absolute Gasteiger partial charge is 0.260 e. The monoisotopic (exact) mass is 275 g/mol. The third-order valence-electron chi connectivity index (χ3n) is 3.94. The van der Waals surface area contributed by atoms with Crippen LogP contribution in [0.15, 0.2) is 35.3 Å². The van der Waals surface area contributed by atoms with Gasteiger partial charge in [-0.15, -0.1) is 0 Å². The van der Waals surface area contributed by atoms with Crippen LogP contribution in [0.25, 0.3) is 10.8 Å². The molecule has 0 amide bonds. The van der Waals surface area contributed by atoms with E-state index in [4.69, 9.17) is 4.74 Å². The number of hydrogen-bond donors (Lipinski definition) is 2. The van der Waals surface area contributed by atoms with Crippen molar-refractivity contribution in [3.8, 4) is 0 Å². The van der Waals surface area contributed by atoms with Crippen LogP contribution in [0.3, 0.4) is 0 Å². The molecule has 2 heterocycles. The number of nitrogens with zero attached hydrogens (tertiary/aromatic N) is 1. The second kappa shape index (κ2) is 4.70. The number of benzene rings is 1. The number of aromatic nitrogens is 1. The van der Waals surface area contributed by atoms with Crippen LogP contribution in [0.4, 0.5) is 0 Å². The molecule has 1 aliphatic rings. The van der Waals surface area contributed by atoms with Gasteiger partial charge in [0.25, 0.3) is 5.56 Å². The van der Waals surface area contributed by atoms with E-state index in [-0.39, 0.29) is 5.56 Å². The Hall–Kier alpha value is -1.69. The highest BCUT2D eigenvalue weighted by Crippen LogP contribution is 2.28. The lowest BCUT2D eigenvalue weighted by molar-refractivity contribution is -0.0339. The van der Waals surface area contributed by atoms with Crippen LogP contribution in [-0.4, -0.2) is 33.1 Å². The van der Waals surface area contributed by atoms with Crippen LogP contribution in [0.5, 0.6) is 0 Å². The second-order valence-corrected chi connectivity index (χ2v) is 5.28. The Labute approximate surface area is 116 Å². The quantitative estimate of drug-likeness (QED) is 0.813. The molecule has 106 valence electrons. The Balaban J connectivity index is 2.15. The van der Waals surface area contributed by atoms with Gasteiger partial charge in [0.15, 0.2) is 6.23 Å². The van der Waals surface area contributed by atoms with Crippen LogP contribution in [0.2, 0.25) is 0 Å². The molecule has 5 nitrogen and oxygen atoms in total. The van der Waals surface area contributed by atoms with E-state index >= 15 is 0 Å². The van der Waals surface area contributed by atoms with Crippen molar-refractivity contribution in [1.82, 2.24) is 4.57 Å². The molecule has 1 saturated heterocycles. The molecular formula is C15H17NO4. The summed E-state index contributed by atoms with van der Waals surface area (Å²) in [4.78, 5) is 12.5. The van der Waals surface area contributed by atoms with Crippen LogP contribution in [0.1, 0.15) is 18.7 Å². The van der Waals surface area contributed by atoms with Gasteiger partial charge < -0.3 is 14.9 Å². The number of rotatable bonds is 1. The van der Waals surface area contributed by atoms with Gasteiger partial charge >= 0.3 is 0 Å². The summed E-state index contributed by atoms with van der Waals surface area (Å²) in [6, 6.07) is 7.35. The summed E-state index contributed by atoms with van der Waals surface area (Å²) < 4.78 is 6.84. The third-order valence-corrected chi connectivity index (χ3v) is 3.94. The molecule has 1 aromatic heterocycles. The van der Waals surface area contributed by atoms with E-state index in [0.717, 1.165) is 10.9 Å². The summed E-state index contributed by atoms with van der Waals surface area (Å²) in [6.07, 6.45) is -1.84. The number of ether oxygens (including phenoxy) is 1. The fourth-order valence-electron chi connectivity index (χ4n) is 2.71. The number of aliphatic hydroxyl groups is 2. The van der Waals surface area contributed by atoms with E-state index in [0.29, 0.717) is 5.39 Å². The Morgan fingerprint density at radius 3 is 2.55 bits per heavy atom. The molecule has 0 spiro atoms. The summed E-state index contributed by atoms with van der Waals surface area (Å²) >= 11 is 0. The summed E-state index contributed by atoms with van der Waals surface area (Å²) in [5, 5.41) is 21.2. The molecular weight excluding hydrogens is 258 g/mol. The van der Waals surface area contributed by atoms with Crippen LogP contribution in [-0.2, 0) is 4.74 Å². The number of pyridine rings is 1. The Bertz CT molecular complexity index is 709. The first-order valence-electron chi connectivity index (χ1n) is 6.63. The van der Waals surface area contributed by atoms with Crippen molar-refractivity contribution in [2.45, 2.75) is 38.4 Å². The van der Waals surface area contributed by atoms with Crippen LogP contribution in [0, 0.1) is 6.92 Å². The third kappa shape index (κ3) is 1.86. The second-order valence-electron chi connectivity index (χ2n) is 5.28. The molecule has 4 unspecified atom stereocenters.